The summed E-state index contributed by atoms with van der Waals surface area (Å²) >= 11 is 0. The van der Waals surface area contributed by atoms with Crippen LogP contribution in [0.25, 0.3) is 0 Å². The molecule has 0 saturated carbocycles. The van der Waals surface area contributed by atoms with Gasteiger partial charge in [-0.05, 0) is 12.8 Å². The van der Waals surface area contributed by atoms with Crippen LogP contribution in [0.3, 0.4) is 0 Å². The summed E-state index contributed by atoms with van der Waals surface area (Å²) in [5.74, 6) is -4.04. The van der Waals surface area contributed by atoms with E-state index in [2.05, 4.69) is 0 Å². The number of nitrogens with zero attached hydrogens (tertiary/aromatic N) is 2. The van der Waals surface area contributed by atoms with Crippen molar-refractivity contribution in [3.8, 4) is 0 Å². The van der Waals surface area contributed by atoms with Crippen molar-refractivity contribution in [2.24, 2.45) is 5.41 Å². The lowest BCUT2D eigenvalue weighted by Gasteiger charge is -2.33. The quantitative estimate of drug-likeness (QED) is 0.112. The van der Waals surface area contributed by atoms with Crippen molar-refractivity contribution in [2.75, 3.05) is 66.1 Å². The highest BCUT2D eigenvalue weighted by Gasteiger charge is 2.35. The molecule has 2 fully saturated rings. The van der Waals surface area contributed by atoms with E-state index in [1.54, 1.807) is 0 Å². The standard InChI is InChI=1S/C25H38N2O14/c28-9-1-11-36-15-25(16-37-12-2-10-29,17-38-13-7-23(34)40-26-19(30)3-4-20(26)31)18-39-14-8-24(35)41-27-21(32)5-6-22(27)33/h28-29H,1-18H2. The van der Waals surface area contributed by atoms with Crippen LogP contribution in [0.4, 0.5) is 0 Å². The van der Waals surface area contributed by atoms with Crippen molar-refractivity contribution in [3.63, 3.8) is 0 Å². The molecule has 0 radical (unpaired) electrons. The van der Waals surface area contributed by atoms with Gasteiger partial charge in [-0.25, -0.2) is 9.59 Å². The monoisotopic (exact) mass is 590 g/mol. The van der Waals surface area contributed by atoms with Crippen molar-refractivity contribution < 1.29 is 67.6 Å². The lowest BCUT2D eigenvalue weighted by atomic mass is 9.92. The molecule has 0 aromatic heterocycles. The van der Waals surface area contributed by atoms with Gasteiger partial charge in [0.2, 0.25) is 0 Å². The average Bonchev–Trinajstić information content (AvgIpc) is 3.44. The highest BCUT2D eigenvalue weighted by molar-refractivity contribution is 6.02. The number of carbonyl (C=O) groups is 6. The van der Waals surface area contributed by atoms with Gasteiger partial charge in [0, 0.05) is 52.1 Å². The molecule has 0 aromatic carbocycles. The Morgan fingerprint density at radius 3 is 1.22 bits per heavy atom. The predicted molar refractivity (Wildman–Crippen MR) is 133 cm³/mol. The molecule has 0 aliphatic carbocycles. The smallest absolute Gasteiger partial charge is 0.335 e. The van der Waals surface area contributed by atoms with Crippen molar-refractivity contribution >= 4 is 35.6 Å². The van der Waals surface area contributed by atoms with Crippen LogP contribution in [0.1, 0.15) is 51.4 Å². The minimum Gasteiger partial charge on any atom is -0.396 e. The fourth-order valence-electron chi connectivity index (χ4n) is 3.66. The van der Waals surface area contributed by atoms with Gasteiger partial charge in [-0.15, -0.1) is 10.1 Å². The van der Waals surface area contributed by atoms with Gasteiger partial charge in [-0.1, -0.05) is 0 Å². The summed E-state index contributed by atoms with van der Waals surface area (Å²) in [7, 11) is 0. The van der Waals surface area contributed by atoms with E-state index in [0.717, 1.165) is 0 Å². The number of aliphatic hydroxyl groups is 2. The Balaban J connectivity index is 1.91. The van der Waals surface area contributed by atoms with Crippen molar-refractivity contribution in [3.05, 3.63) is 0 Å². The summed E-state index contributed by atoms with van der Waals surface area (Å²) in [5.41, 5.74) is -0.944. The number of ether oxygens (including phenoxy) is 4. The Labute approximate surface area is 236 Å². The molecule has 0 unspecified atom stereocenters. The van der Waals surface area contributed by atoms with Crippen molar-refractivity contribution in [1.82, 2.24) is 10.1 Å². The second kappa shape index (κ2) is 18.4. The number of imide groups is 2. The third-order valence-electron chi connectivity index (χ3n) is 5.83. The van der Waals surface area contributed by atoms with Gasteiger partial charge in [-0.2, -0.15) is 0 Å². The van der Waals surface area contributed by atoms with Gasteiger partial charge in [0.05, 0.1) is 57.9 Å². The predicted octanol–water partition coefficient (Wildman–Crippen LogP) is -1.20. The maximum atomic E-state index is 12.1. The average molecular weight is 591 g/mol. The van der Waals surface area contributed by atoms with E-state index in [0.29, 0.717) is 23.0 Å². The molecule has 2 rings (SSSR count). The summed E-state index contributed by atoms with van der Waals surface area (Å²) in [6.45, 7) is 0.0453. The topological polar surface area (TPSA) is 205 Å². The van der Waals surface area contributed by atoms with Gasteiger partial charge < -0.3 is 38.8 Å². The van der Waals surface area contributed by atoms with Gasteiger partial charge in [0.25, 0.3) is 23.6 Å². The lowest BCUT2D eigenvalue weighted by Crippen LogP contribution is -2.42. The second-order valence-electron chi connectivity index (χ2n) is 9.45. The maximum Gasteiger partial charge on any atom is 0.335 e. The zero-order valence-electron chi connectivity index (χ0n) is 22.9. The van der Waals surface area contributed by atoms with Gasteiger partial charge in [0.15, 0.2) is 0 Å². The van der Waals surface area contributed by atoms with Crippen molar-refractivity contribution in [1.29, 1.82) is 0 Å². The molecule has 0 atom stereocenters. The van der Waals surface area contributed by atoms with E-state index in [4.69, 9.17) is 38.8 Å². The first kappa shape index (κ1) is 34.2. The van der Waals surface area contributed by atoms with Gasteiger partial charge >= 0.3 is 11.9 Å². The SMILES string of the molecule is O=C(CCOCC(COCCCO)(COCCCO)COCCC(=O)ON1C(=O)CCC1=O)ON1C(=O)CCC1=O. The number of amides is 4. The summed E-state index contributed by atoms with van der Waals surface area (Å²) in [6, 6.07) is 0. The van der Waals surface area contributed by atoms with Gasteiger partial charge in [0.1, 0.15) is 0 Å². The number of hydrogen-bond acceptors (Lipinski definition) is 14. The van der Waals surface area contributed by atoms with E-state index < -0.39 is 41.0 Å². The van der Waals surface area contributed by atoms with E-state index in [9.17, 15) is 28.8 Å². The first-order valence-electron chi connectivity index (χ1n) is 13.4. The molecule has 232 valence electrons. The van der Waals surface area contributed by atoms with Crippen molar-refractivity contribution in [2.45, 2.75) is 51.4 Å². The molecule has 2 aliphatic heterocycles. The van der Waals surface area contributed by atoms with E-state index in [1.807, 2.05) is 0 Å². The largest absolute Gasteiger partial charge is 0.396 e. The molecule has 4 amide bonds. The molecular formula is C25H38N2O14. The van der Waals surface area contributed by atoms with Crippen LogP contribution >= 0.6 is 0 Å². The second-order valence-corrected chi connectivity index (χ2v) is 9.45. The minimum atomic E-state index is -0.944. The molecule has 41 heavy (non-hydrogen) atoms. The van der Waals surface area contributed by atoms with Crippen LogP contribution in [0.15, 0.2) is 0 Å². The van der Waals surface area contributed by atoms with Crippen LogP contribution in [-0.2, 0) is 57.4 Å². The molecule has 2 N–H and O–H groups in total. The van der Waals surface area contributed by atoms with Crippen LogP contribution < -0.4 is 0 Å². The molecule has 0 spiro atoms. The normalized spacial score (nSPS) is 15.8. The Hall–Kier alpha value is -3.02. The third-order valence-corrected chi connectivity index (χ3v) is 5.83. The number of rotatable bonds is 22. The molecule has 16 nitrogen and oxygen atoms in total. The third kappa shape index (κ3) is 12.2. The first-order chi connectivity index (χ1) is 19.7. The zero-order chi connectivity index (χ0) is 30.1. The highest BCUT2D eigenvalue weighted by Crippen LogP contribution is 2.22. The molecule has 0 bridgehead atoms. The zero-order valence-corrected chi connectivity index (χ0v) is 22.9. The van der Waals surface area contributed by atoms with Crippen LogP contribution in [-0.4, -0.2) is 122 Å². The fraction of sp³-hybridized carbons (Fsp3) is 0.760. The summed E-state index contributed by atoms with van der Waals surface area (Å²) in [6.07, 6.45) is 0.141. The number of aliphatic hydroxyl groups excluding tert-OH is 2. The molecule has 16 heteroatoms. The summed E-state index contributed by atoms with van der Waals surface area (Å²) in [5, 5.41) is 19.0. The molecule has 2 aliphatic rings. The minimum absolute atomic E-state index is 0.0239. The van der Waals surface area contributed by atoms with E-state index in [1.165, 1.54) is 0 Å². The number of carbonyl (C=O) groups excluding carboxylic acids is 6. The van der Waals surface area contributed by atoms with Crippen LogP contribution in [0.5, 0.6) is 0 Å². The molecular weight excluding hydrogens is 552 g/mol. The highest BCUT2D eigenvalue weighted by atomic mass is 16.7. The maximum absolute atomic E-state index is 12.1. The first-order valence-corrected chi connectivity index (χ1v) is 13.4. The van der Waals surface area contributed by atoms with Gasteiger partial charge in [-0.3, -0.25) is 19.2 Å². The Morgan fingerprint density at radius 2 is 0.902 bits per heavy atom. The van der Waals surface area contributed by atoms with E-state index in [-0.39, 0.29) is 105 Å². The molecule has 2 saturated heterocycles. The fourth-order valence-corrected chi connectivity index (χ4v) is 3.66. The van der Waals surface area contributed by atoms with E-state index >= 15 is 0 Å². The number of hydrogen-bond donors (Lipinski definition) is 2. The molecule has 2 heterocycles. The Morgan fingerprint density at radius 1 is 0.585 bits per heavy atom. The Bertz CT molecular complexity index is 807. The Kier molecular flexibility index (Phi) is 15.4. The number of hydroxylamine groups is 4. The van der Waals surface area contributed by atoms with Crippen LogP contribution in [0, 0.1) is 5.41 Å². The summed E-state index contributed by atoms with van der Waals surface area (Å²) in [4.78, 5) is 80.3. The van der Waals surface area contributed by atoms with Crippen LogP contribution in [0.2, 0.25) is 0 Å². The lowest BCUT2D eigenvalue weighted by molar-refractivity contribution is -0.198. The summed E-state index contributed by atoms with van der Waals surface area (Å²) < 4.78 is 22.7. The molecule has 0 aromatic rings.